The van der Waals surface area contributed by atoms with Crippen LogP contribution in [0.25, 0.3) is 22.0 Å². The molecule has 0 aliphatic rings. The molecule has 108 valence electrons. The fourth-order valence-corrected chi connectivity index (χ4v) is 2.99. The van der Waals surface area contributed by atoms with Gasteiger partial charge in [-0.05, 0) is 17.7 Å². The van der Waals surface area contributed by atoms with Crippen molar-refractivity contribution >= 4 is 35.1 Å². The van der Waals surface area contributed by atoms with E-state index < -0.39 is 0 Å². The van der Waals surface area contributed by atoms with Crippen molar-refractivity contribution in [2.24, 2.45) is 5.73 Å². The van der Waals surface area contributed by atoms with Crippen LogP contribution < -0.4 is 5.73 Å². The molecule has 1 aromatic heterocycles. The van der Waals surface area contributed by atoms with Gasteiger partial charge in [-0.2, -0.15) is 0 Å². The number of fused-ring (bicyclic) bond motifs is 1. The molecule has 0 spiro atoms. The Morgan fingerprint density at radius 1 is 0.952 bits per heavy atom. The minimum atomic E-state index is 0. The normalized spacial score (nSPS) is 10.3. The van der Waals surface area contributed by atoms with E-state index in [9.17, 15) is 0 Å². The minimum Gasteiger partial charge on any atom is -0.330 e. The molecule has 21 heavy (non-hydrogen) atoms. The Balaban J connectivity index is 0.00000161. The molecule has 0 fully saturated rings. The second-order valence-electron chi connectivity index (χ2n) is 4.54. The van der Waals surface area contributed by atoms with Crippen LogP contribution in [0.15, 0.2) is 65.7 Å². The number of para-hydroxylation sites is 1. The Morgan fingerprint density at radius 2 is 1.67 bits per heavy atom. The highest BCUT2D eigenvalue weighted by molar-refractivity contribution is 7.99. The van der Waals surface area contributed by atoms with Crippen molar-refractivity contribution in [3.63, 3.8) is 0 Å². The number of hydrogen-bond donors (Lipinski definition) is 1. The van der Waals surface area contributed by atoms with Crippen LogP contribution in [-0.4, -0.2) is 17.3 Å². The van der Waals surface area contributed by atoms with Gasteiger partial charge >= 0.3 is 0 Å². The van der Waals surface area contributed by atoms with E-state index in [0.717, 1.165) is 16.3 Å². The minimum absolute atomic E-state index is 0. The van der Waals surface area contributed by atoms with Crippen LogP contribution >= 0.6 is 24.2 Å². The second-order valence-corrected chi connectivity index (χ2v) is 5.62. The lowest BCUT2D eigenvalue weighted by atomic mass is 10.1. The number of aromatic nitrogens is 1. The number of benzene rings is 2. The van der Waals surface area contributed by atoms with Gasteiger partial charge in [0.25, 0.3) is 0 Å². The highest BCUT2D eigenvalue weighted by Crippen LogP contribution is 2.32. The lowest BCUT2D eigenvalue weighted by molar-refractivity contribution is 1.13. The quantitative estimate of drug-likeness (QED) is 0.726. The van der Waals surface area contributed by atoms with Gasteiger partial charge < -0.3 is 5.73 Å². The van der Waals surface area contributed by atoms with Crippen molar-refractivity contribution in [3.05, 3.63) is 60.7 Å². The molecule has 3 rings (SSSR count). The first-order chi connectivity index (χ1) is 9.88. The first-order valence-electron chi connectivity index (χ1n) is 6.66. The summed E-state index contributed by atoms with van der Waals surface area (Å²) in [6, 6.07) is 20.8. The summed E-state index contributed by atoms with van der Waals surface area (Å²) in [6.45, 7) is 0.660. The summed E-state index contributed by atoms with van der Waals surface area (Å²) in [5, 5.41) is 2.23. The maximum atomic E-state index is 5.63. The molecule has 0 unspecified atom stereocenters. The topological polar surface area (TPSA) is 38.9 Å². The standard InChI is InChI=1S/C17H16N2S.ClH/c18-10-11-20-17-15(13-6-2-1-3-7-13)12-14-8-4-5-9-16(14)19-17;/h1-9,12H,10-11,18H2;1H. The average Bonchev–Trinajstić information content (AvgIpc) is 2.53. The number of rotatable bonds is 4. The van der Waals surface area contributed by atoms with E-state index >= 15 is 0 Å². The zero-order valence-corrected chi connectivity index (χ0v) is 13.2. The van der Waals surface area contributed by atoms with Gasteiger partial charge in [0.05, 0.1) is 5.52 Å². The summed E-state index contributed by atoms with van der Waals surface area (Å²) in [7, 11) is 0. The summed E-state index contributed by atoms with van der Waals surface area (Å²) in [6.07, 6.45) is 0. The summed E-state index contributed by atoms with van der Waals surface area (Å²) in [5.41, 5.74) is 9.05. The first kappa shape index (κ1) is 15.8. The molecule has 0 aliphatic carbocycles. The number of nitrogens with two attached hydrogens (primary N) is 1. The summed E-state index contributed by atoms with van der Waals surface area (Å²) < 4.78 is 0. The highest BCUT2D eigenvalue weighted by Gasteiger charge is 2.09. The molecule has 4 heteroatoms. The third-order valence-corrected chi connectivity index (χ3v) is 4.15. The molecule has 0 aliphatic heterocycles. The molecule has 0 saturated carbocycles. The fourth-order valence-electron chi connectivity index (χ4n) is 2.19. The zero-order chi connectivity index (χ0) is 13.8. The van der Waals surface area contributed by atoms with E-state index in [1.807, 2.05) is 18.2 Å². The molecule has 0 saturated heterocycles. The van der Waals surface area contributed by atoms with Crippen molar-refractivity contribution in [2.75, 3.05) is 12.3 Å². The third kappa shape index (κ3) is 3.56. The Hall–Kier alpha value is -1.55. The SMILES string of the molecule is Cl.NCCSc1nc2ccccc2cc1-c1ccccc1. The molecule has 0 bridgehead atoms. The van der Waals surface area contributed by atoms with Crippen molar-refractivity contribution in [1.29, 1.82) is 0 Å². The van der Waals surface area contributed by atoms with E-state index in [-0.39, 0.29) is 12.4 Å². The molecule has 0 atom stereocenters. The molecule has 2 N–H and O–H groups in total. The Labute approximate surface area is 135 Å². The number of thioether (sulfide) groups is 1. The van der Waals surface area contributed by atoms with Crippen LogP contribution in [0.4, 0.5) is 0 Å². The van der Waals surface area contributed by atoms with E-state index in [2.05, 4.69) is 42.5 Å². The average molecular weight is 317 g/mol. The van der Waals surface area contributed by atoms with E-state index in [1.54, 1.807) is 11.8 Å². The van der Waals surface area contributed by atoms with Gasteiger partial charge in [0, 0.05) is 23.2 Å². The lowest BCUT2D eigenvalue weighted by Crippen LogP contribution is -2.02. The van der Waals surface area contributed by atoms with Crippen LogP contribution in [0, 0.1) is 0 Å². The van der Waals surface area contributed by atoms with E-state index in [0.29, 0.717) is 6.54 Å². The van der Waals surface area contributed by atoms with Gasteiger partial charge in [0.1, 0.15) is 5.03 Å². The van der Waals surface area contributed by atoms with Crippen molar-refractivity contribution in [1.82, 2.24) is 4.98 Å². The Morgan fingerprint density at radius 3 is 2.43 bits per heavy atom. The van der Waals surface area contributed by atoms with Crippen molar-refractivity contribution < 1.29 is 0 Å². The summed E-state index contributed by atoms with van der Waals surface area (Å²) in [5.74, 6) is 0.880. The second kappa shape index (κ2) is 7.46. The van der Waals surface area contributed by atoms with Crippen molar-refractivity contribution in [3.8, 4) is 11.1 Å². The smallest absolute Gasteiger partial charge is 0.105 e. The molecule has 3 aromatic rings. The molecular formula is C17H17ClN2S. The monoisotopic (exact) mass is 316 g/mol. The van der Waals surface area contributed by atoms with Crippen LogP contribution in [-0.2, 0) is 0 Å². The van der Waals surface area contributed by atoms with Gasteiger partial charge in [-0.1, -0.05) is 48.5 Å². The van der Waals surface area contributed by atoms with Crippen LogP contribution in [0.3, 0.4) is 0 Å². The van der Waals surface area contributed by atoms with Crippen LogP contribution in [0.1, 0.15) is 0 Å². The molecular weight excluding hydrogens is 300 g/mol. The van der Waals surface area contributed by atoms with Crippen LogP contribution in [0.2, 0.25) is 0 Å². The Kier molecular flexibility index (Phi) is 5.62. The van der Waals surface area contributed by atoms with Gasteiger partial charge in [-0.15, -0.1) is 24.2 Å². The fraction of sp³-hybridized carbons (Fsp3) is 0.118. The van der Waals surface area contributed by atoms with Crippen LogP contribution in [0.5, 0.6) is 0 Å². The molecule has 0 amide bonds. The summed E-state index contributed by atoms with van der Waals surface area (Å²) >= 11 is 1.72. The third-order valence-electron chi connectivity index (χ3n) is 3.13. The largest absolute Gasteiger partial charge is 0.330 e. The Bertz CT molecular complexity index is 716. The number of halogens is 1. The van der Waals surface area contributed by atoms with Crippen molar-refractivity contribution in [2.45, 2.75) is 5.03 Å². The van der Waals surface area contributed by atoms with E-state index in [4.69, 9.17) is 10.7 Å². The van der Waals surface area contributed by atoms with E-state index in [1.165, 1.54) is 16.5 Å². The predicted molar refractivity (Wildman–Crippen MR) is 94.2 cm³/mol. The number of nitrogens with zero attached hydrogens (tertiary/aromatic N) is 1. The predicted octanol–water partition coefficient (Wildman–Crippen LogP) is 4.37. The maximum absolute atomic E-state index is 5.63. The van der Waals surface area contributed by atoms with Gasteiger partial charge in [0.2, 0.25) is 0 Å². The van der Waals surface area contributed by atoms with Gasteiger partial charge in [-0.3, -0.25) is 0 Å². The molecule has 1 heterocycles. The lowest BCUT2D eigenvalue weighted by Gasteiger charge is -2.10. The van der Waals surface area contributed by atoms with Gasteiger partial charge in [0.15, 0.2) is 0 Å². The zero-order valence-electron chi connectivity index (χ0n) is 11.5. The number of pyridine rings is 1. The molecule has 2 nitrogen and oxygen atoms in total. The molecule has 0 radical (unpaired) electrons. The highest BCUT2D eigenvalue weighted by atomic mass is 35.5. The number of hydrogen-bond acceptors (Lipinski definition) is 3. The first-order valence-corrected chi connectivity index (χ1v) is 7.65. The maximum Gasteiger partial charge on any atom is 0.105 e. The molecule has 2 aromatic carbocycles. The summed E-state index contributed by atoms with van der Waals surface area (Å²) in [4.78, 5) is 4.80. The van der Waals surface area contributed by atoms with Gasteiger partial charge in [-0.25, -0.2) is 4.98 Å².